The van der Waals surface area contributed by atoms with Crippen LogP contribution in [0.2, 0.25) is 0 Å². The SMILES string of the molecule is O=C(NCc1nnc(SC[C@H]2CCCO2)n1Cc1ccccc1)c1cccc(N2CCCC2=O)c1. The largest absolute Gasteiger partial charge is 0.377 e. The quantitative estimate of drug-likeness (QED) is 0.460. The van der Waals surface area contributed by atoms with Crippen molar-refractivity contribution in [1.29, 1.82) is 0 Å². The summed E-state index contributed by atoms with van der Waals surface area (Å²) in [4.78, 5) is 26.8. The third-order valence-electron chi connectivity index (χ3n) is 6.30. The van der Waals surface area contributed by atoms with Crippen LogP contribution >= 0.6 is 11.8 Å². The highest BCUT2D eigenvalue weighted by atomic mass is 32.2. The topological polar surface area (TPSA) is 89.3 Å². The maximum atomic E-state index is 12.9. The van der Waals surface area contributed by atoms with Gasteiger partial charge in [-0.2, -0.15) is 0 Å². The maximum Gasteiger partial charge on any atom is 0.251 e. The van der Waals surface area contributed by atoms with Gasteiger partial charge < -0.3 is 19.5 Å². The number of nitrogens with zero attached hydrogens (tertiary/aromatic N) is 4. The zero-order valence-corrected chi connectivity index (χ0v) is 20.4. The summed E-state index contributed by atoms with van der Waals surface area (Å²) < 4.78 is 7.82. The molecule has 3 heterocycles. The summed E-state index contributed by atoms with van der Waals surface area (Å²) in [5.74, 6) is 1.43. The highest BCUT2D eigenvalue weighted by Crippen LogP contribution is 2.25. The Morgan fingerprint density at radius 2 is 2.00 bits per heavy atom. The highest BCUT2D eigenvalue weighted by molar-refractivity contribution is 7.99. The lowest BCUT2D eigenvalue weighted by molar-refractivity contribution is -0.117. The molecule has 2 fully saturated rings. The molecule has 35 heavy (non-hydrogen) atoms. The average Bonchev–Trinajstić information content (AvgIpc) is 3.64. The summed E-state index contributed by atoms with van der Waals surface area (Å²) in [5.41, 5.74) is 2.42. The molecular weight excluding hydrogens is 462 g/mol. The van der Waals surface area contributed by atoms with E-state index in [1.807, 2.05) is 30.3 Å². The Morgan fingerprint density at radius 1 is 1.11 bits per heavy atom. The van der Waals surface area contributed by atoms with Gasteiger partial charge in [0.05, 0.1) is 19.2 Å². The van der Waals surface area contributed by atoms with Crippen LogP contribution in [-0.4, -0.2) is 51.6 Å². The molecule has 0 aliphatic carbocycles. The van der Waals surface area contributed by atoms with Gasteiger partial charge in [-0.25, -0.2) is 0 Å². The molecule has 182 valence electrons. The summed E-state index contributed by atoms with van der Waals surface area (Å²) in [5, 5.41) is 12.6. The van der Waals surface area contributed by atoms with Crippen molar-refractivity contribution in [3.63, 3.8) is 0 Å². The molecule has 5 rings (SSSR count). The van der Waals surface area contributed by atoms with E-state index < -0.39 is 0 Å². The first kappa shape index (κ1) is 23.6. The van der Waals surface area contributed by atoms with Crippen LogP contribution in [0.5, 0.6) is 0 Å². The molecule has 1 atom stereocenters. The first-order valence-electron chi connectivity index (χ1n) is 12.1. The molecule has 0 bridgehead atoms. The zero-order chi connectivity index (χ0) is 24.0. The van der Waals surface area contributed by atoms with Gasteiger partial charge in [0.2, 0.25) is 5.91 Å². The van der Waals surface area contributed by atoms with Crippen LogP contribution in [0.3, 0.4) is 0 Å². The van der Waals surface area contributed by atoms with Crippen LogP contribution in [0.15, 0.2) is 59.8 Å². The Bertz CT molecular complexity index is 1180. The summed E-state index contributed by atoms with van der Waals surface area (Å²) in [6.07, 6.45) is 3.83. The molecule has 0 saturated carbocycles. The minimum atomic E-state index is -0.207. The molecule has 2 saturated heterocycles. The fraction of sp³-hybridized carbons (Fsp3) is 0.385. The predicted octanol–water partition coefficient (Wildman–Crippen LogP) is 3.65. The molecule has 1 aromatic heterocycles. The van der Waals surface area contributed by atoms with Gasteiger partial charge in [-0.3, -0.25) is 9.59 Å². The number of rotatable bonds is 9. The molecule has 1 N–H and O–H groups in total. The van der Waals surface area contributed by atoms with E-state index in [0.717, 1.165) is 48.0 Å². The summed E-state index contributed by atoms with van der Waals surface area (Å²) in [6, 6.07) is 17.4. The third kappa shape index (κ3) is 5.74. The van der Waals surface area contributed by atoms with E-state index in [-0.39, 0.29) is 24.5 Å². The van der Waals surface area contributed by atoms with Crippen molar-refractivity contribution in [2.45, 2.75) is 50.0 Å². The third-order valence-corrected chi connectivity index (χ3v) is 7.40. The number of amides is 2. The van der Waals surface area contributed by atoms with Crippen molar-refractivity contribution in [3.8, 4) is 0 Å². The Morgan fingerprint density at radius 3 is 2.77 bits per heavy atom. The molecule has 9 heteroatoms. The number of nitrogens with one attached hydrogen (secondary N) is 1. The number of benzene rings is 2. The molecule has 2 aliphatic heterocycles. The second-order valence-corrected chi connectivity index (χ2v) is 9.79. The number of carbonyl (C=O) groups excluding carboxylic acids is 2. The zero-order valence-electron chi connectivity index (χ0n) is 19.6. The lowest BCUT2D eigenvalue weighted by Gasteiger charge is -2.16. The molecule has 0 unspecified atom stereocenters. The van der Waals surface area contributed by atoms with Crippen LogP contribution in [0.4, 0.5) is 5.69 Å². The number of aromatic nitrogens is 3. The van der Waals surface area contributed by atoms with Crippen LogP contribution in [-0.2, 0) is 22.6 Å². The molecule has 0 spiro atoms. The second kappa shape index (κ2) is 11.0. The van der Waals surface area contributed by atoms with E-state index in [0.29, 0.717) is 30.9 Å². The lowest BCUT2D eigenvalue weighted by atomic mass is 10.1. The van der Waals surface area contributed by atoms with Gasteiger partial charge in [0, 0.05) is 36.6 Å². The van der Waals surface area contributed by atoms with Crippen LogP contribution in [0, 0.1) is 0 Å². The number of hydrogen-bond acceptors (Lipinski definition) is 6. The Kier molecular flexibility index (Phi) is 7.44. The number of ether oxygens (including phenoxy) is 1. The number of thioether (sulfide) groups is 1. The Labute approximate surface area is 209 Å². The smallest absolute Gasteiger partial charge is 0.251 e. The summed E-state index contributed by atoms with van der Waals surface area (Å²) in [6.45, 7) is 2.40. The standard InChI is InChI=1S/C26H29N5O3S/c32-24-12-5-13-30(24)21-10-4-9-20(15-21)25(33)27-16-23-28-29-26(35-18-22-11-6-14-34-22)31(23)17-19-7-2-1-3-8-19/h1-4,7-10,15,22H,5-6,11-14,16-18H2,(H,27,33)/t22-/m1/s1. The van der Waals surface area contributed by atoms with Gasteiger partial charge in [-0.1, -0.05) is 48.2 Å². The number of anilines is 1. The number of carbonyl (C=O) groups is 2. The maximum absolute atomic E-state index is 12.9. The molecule has 8 nitrogen and oxygen atoms in total. The summed E-state index contributed by atoms with van der Waals surface area (Å²) in [7, 11) is 0. The van der Waals surface area contributed by atoms with Gasteiger partial charge in [0.1, 0.15) is 0 Å². The van der Waals surface area contributed by atoms with Crippen molar-refractivity contribution in [2.24, 2.45) is 0 Å². The number of hydrogen-bond donors (Lipinski definition) is 1. The first-order valence-corrected chi connectivity index (χ1v) is 13.0. The highest BCUT2D eigenvalue weighted by Gasteiger charge is 2.23. The Balaban J connectivity index is 1.29. The van der Waals surface area contributed by atoms with Gasteiger partial charge in [0.25, 0.3) is 5.91 Å². The van der Waals surface area contributed by atoms with E-state index in [4.69, 9.17) is 4.74 Å². The van der Waals surface area contributed by atoms with Crippen LogP contribution in [0.25, 0.3) is 0 Å². The van der Waals surface area contributed by atoms with Crippen molar-refractivity contribution in [3.05, 3.63) is 71.5 Å². The van der Waals surface area contributed by atoms with E-state index in [2.05, 4.69) is 32.2 Å². The van der Waals surface area contributed by atoms with Crippen LogP contribution in [0.1, 0.15) is 47.4 Å². The monoisotopic (exact) mass is 491 g/mol. The van der Waals surface area contributed by atoms with E-state index in [9.17, 15) is 9.59 Å². The molecule has 2 aromatic carbocycles. The van der Waals surface area contributed by atoms with Crippen molar-refractivity contribution >= 4 is 29.3 Å². The summed E-state index contributed by atoms with van der Waals surface area (Å²) >= 11 is 1.65. The van der Waals surface area contributed by atoms with E-state index in [1.54, 1.807) is 28.8 Å². The van der Waals surface area contributed by atoms with Gasteiger partial charge in [-0.15, -0.1) is 10.2 Å². The van der Waals surface area contributed by atoms with Gasteiger partial charge in [0.15, 0.2) is 11.0 Å². The molecule has 2 aliphatic rings. The average molecular weight is 492 g/mol. The first-order chi connectivity index (χ1) is 17.2. The van der Waals surface area contributed by atoms with Crippen molar-refractivity contribution < 1.29 is 14.3 Å². The van der Waals surface area contributed by atoms with E-state index >= 15 is 0 Å². The molecule has 0 radical (unpaired) electrons. The molecule has 3 aromatic rings. The lowest BCUT2D eigenvalue weighted by Crippen LogP contribution is -2.26. The molecule has 2 amide bonds. The fourth-order valence-electron chi connectivity index (χ4n) is 4.42. The Hall–Kier alpha value is -3.17. The van der Waals surface area contributed by atoms with Gasteiger partial charge in [-0.05, 0) is 43.0 Å². The normalized spacial score (nSPS) is 17.8. The van der Waals surface area contributed by atoms with Crippen LogP contribution < -0.4 is 10.2 Å². The van der Waals surface area contributed by atoms with Crippen molar-refractivity contribution in [2.75, 3.05) is 23.8 Å². The minimum absolute atomic E-state index is 0.101. The second-order valence-electron chi connectivity index (χ2n) is 8.80. The van der Waals surface area contributed by atoms with Crippen molar-refractivity contribution in [1.82, 2.24) is 20.1 Å². The minimum Gasteiger partial charge on any atom is -0.377 e. The molecular formula is C26H29N5O3S. The predicted molar refractivity (Wildman–Crippen MR) is 134 cm³/mol. The fourth-order valence-corrected chi connectivity index (χ4v) is 5.44. The van der Waals surface area contributed by atoms with Gasteiger partial charge >= 0.3 is 0 Å². The van der Waals surface area contributed by atoms with E-state index in [1.165, 1.54) is 0 Å².